The number of pyridine rings is 1. The van der Waals surface area contributed by atoms with E-state index in [1.165, 1.54) is 4.90 Å². The van der Waals surface area contributed by atoms with Crippen molar-refractivity contribution in [3.63, 3.8) is 0 Å². The minimum atomic E-state index is -0.572. The highest BCUT2D eigenvalue weighted by atomic mass is 16.2. The maximum absolute atomic E-state index is 12.3. The average molecular weight is 297 g/mol. The largest absolute Gasteiger partial charge is 0.340 e. The zero-order valence-electron chi connectivity index (χ0n) is 12.1. The molecule has 22 heavy (non-hydrogen) atoms. The molecule has 7 nitrogen and oxygen atoms in total. The number of carbonyl (C=O) groups is 2. The van der Waals surface area contributed by atoms with Crippen LogP contribution in [-0.4, -0.2) is 44.7 Å². The Morgan fingerprint density at radius 2 is 2.41 bits per heavy atom. The van der Waals surface area contributed by atoms with Gasteiger partial charge in [0.2, 0.25) is 5.91 Å². The number of nitriles is 1. The van der Waals surface area contributed by atoms with Gasteiger partial charge in [-0.3, -0.25) is 9.59 Å². The second-order valence-corrected chi connectivity index (χ2v) is 5.38. The fraction of sp³-hybridized carbons (Fsp3) is 0.333. The Hall–Kier alpha value is -2.88. The van der Waals surface area contributed by atoms with Gasteiger partial charge in [-0.25, -0.2) is 4.98 Å². The number of amides is 2. The lowest BCUT2D eigenvalue weighted by Gasteiger charge is -2.17. The van der Waals surface area contributed by atoms with Crippen LogP contribution in [-0.2, 0) is 4.79 Å². The maximum Gasteiger partial charge on any atom is 0.252 e. The molecular formula is C15H15N5O2. The molecule has 0 bridgehead atoms. The fourth-order valence-corrected chi connectivity index (χ4v) is 2.72. The fourth-order valence-electron chi connectivity index (χ4n) is 2.72. The number of aromatic nitrogens is 2. The van der Waals surface area contributed by atoms with E-state index in [9.17, 15) is 9.59 Å². The van der Waals surface area contributed by atoms with E-state index in [1.54, 1.807) is 35.3 Å². The number of fused-ring (bicyclic) bond motifs is 1. The molecule has 112 valence electrons. The molecule has 1 aliphatic rings. The Kier molecular flexibility index (Phi) is 3.51. The van der Waals surface area contributed by atoms with Crippen LogP contribution in [0.3, 0.4) is 0 Å². The third-order valence-electron chi connectivity index (χ3n) is 3.91. The van der Waals surface area contributed by atoms with Crippen molar-refractivity contribution in [2.24, 2.45) is 0 Å². The molecule has 3 heterocycles. The molecule has 1 N–H and O–H groups in total. The zero-order chi connectivity index (χ0) is 15.7. The summed E-state index contributed by atoms with van der Waals surface area (Å²) in [6, 6.07) is 4.76. The Morgan fingerprint density at radius 1 is 1.59 bits per heavy atom. The second kappa shape index (κ2) is 5.48. The van der Waals surface area contributed by atoms with Gasteiger partial charge in [-0.1, -0.05) is 0 Å². The minimum Gasteiger partial charge on any atom is -0.340 e. The lowest BCUT2D eigenvalue weighted by Crippen LogP contribution is -2.41. The van der Waals surface area contributed by atoms with E-state index in [2.05, 4.69) is 10.3 Å². The van der Waals surface area contributed by atoms with E-state index < -0.39 is 6.04 Å². The molecule has 0 radical (unpaired) electrons. The van der Waals surface area contributed by atoms with Crippen LogP contribution in [0.1, 0.15) is 23.7 Å². The zero-order valence-corrected chi connectivity index (χ0v) is 12.1. The van der Waals surface area contributed by atoms with Gasteiger partial charge >= 0.3 is 0 Å². The molecule has 0 aromatic carbocycles. The first kappa shape index (κ1) is 14.1. The predicted molar refractivity (Wildman–Crippen MR) is 77.9 cm³/mol. The van der Waals surface area contributed by atoms with Crippen LogP contribution in [0.5, 0.6) is 0 Å². The predicted octanol–water partition coefficient (Wildman–Crippen LogP) is 0.577. The molecule has 2 aromatic heterocycles. The molecule has 2 aromatic rings. The molecule has 1 saturated heterocycles. The lowest BCUT2D eigenvalue weighted by molar-refractivity contribution is -0.129. The van der Waals surface area contributed by atoms with Crippen LogP contribution < -0.4 is 5.32 Å². The number of hydrogen-bond donors (Lipinski definition) is 1. The summed E-state index contributed by atoms with van der Waals surface area (Å²) in [5.74, 6) is -0.499. The summed E-state index contributed by atoms with van der Waals surface area (Å²) in [5, 5.41) is 11.5. The van der Waals surface area contributed by atoms with Crippen LogP contribution in [0.25, 0.3) is 5.52 Å². The summed E-state index contributed by atoms with van der Waals surface area (Å²) >= 11 is 0. The lowest BCUT2D eigenvalue weighted by atomic mass is 10.1. The van der Waals surface area contributed by atoms with E-state index in [0.717, 1.165) is 5.52 Å². The van der Waals surface area contributed by atoms with Gasteiger partial charge < -0.3 is 14.6 Å². The first-order chi connectivity index (χ1) is 10.6. The molecule has 1 fully saturated rings. The number of nitrogens with one attached hydrogen (secondary N) is 1. The number of imidazole rings is 1. The highest BCUT2D eigenvalue weighted by molar-refractivity contribution is 5.98. The van der Waals surface area contributed by atoms with Crippen molar-refractivity contribution in [1.29, 1.82) is 5.26 Å². The highest BCUT2D eigenvalue weighted by Gasteiger charge is 2.37. The number of carbonyl (C=O) groups excluding carboxylic acids is 2. The van der Waals surface area contributed by atoms with Crippen molar-refractivity contribution in [2.75, 3.05) is 6.54 Å². The molecule has 1 aliphatic heterocycles. The van der Waals surface area contributed by atoms with E-state index >= 15 is 0 Å². The molecule has 2 atom stereocenters. The molecule has 0 saturated carbocycles. The van der Waals surface area contributed by atoms with Gasteiger partial charge in [0.15, 0.2) is 0 Å². The van der Waals surface area contributed by atoms with Crippen molar-refractivity contribution in [2.45, 2.75) is 25.4 Å². The van der Waals surface area contributed by atoms with Crippen LogP contribution in [0.15, 0.2) is 30.9 Å². The maximum atomic E-state index is 12.3. The minimum absolute atomic E-state index is 0.0465. The molecule has 7 heteroatoms. The molecule has 0 aliphatic carbocycles. The summed E-state index contributed by atoms with van der Waals surface area (Å²) in [4.78, 5) is 30.0. The Morgan fingerprint density at radius 3 is 3.18 bits per heavy atom. The van der Waals surface area contributed by atoms with Gasteiger partial charge in [0, 0.05) is 17.8 Å². The smallest absolute Gasteiger partial charge is 0.252 e. The van der Waals surface area contributed by atoms with Crippen molar-refractivity contribution in [3.05, 3.63) is 36.4 Å². The van der Waals surface area contributed by atoms with Crippen molar-refractivity contribution in [3.8, 4) is 6.07 Å². The molecule has 3 rings (SSSR count). The van der Waals surface area contributed by atoms with Crippen LogP contribution >= 0.6 is 0 Å². The topological polar surface area (TPSA) is 90.5 Å². The third-order valence-corrected chi connectivity index (χ3v) is 3.91. The SMILES string of the molecule is CC1CC(NC(=O)c2ccn3cncc3c2)C(=O)N1CC#N. The molecular weight excluding hydrogens is 282 g/mol. The Bertz CT molecular complexity index is 776. The average Bonchev–Trinajstić information content (AvgIpc) is 3.07. The molecule has 2 amide bonds. The van der Waals surface area contributed by atoms with Gasteiger partial charge in [-0.2, -0.15) is 5.26 Å². The highest BCUT2D eigenvalue weighted by Crippen LogP contribution is 2.19. The van der Waals surface area contributed by atoms with Crippen LogP contribution in [0.4, 0.5) is 0 Å². The van der Waals surface area contributed by atoms with Crippen LogP contribution in [0.2, 0.25) is 0 Å². The first-order valence-corrected chi connectivity index (χ1v) is 7.00. The number of rotatable bonds is 3. The number of likely N-dealkylation sites (tertiary alicyclic amines) is 1. The summed E-state index contributed by atoms with van der Waals surface area (Å²) in [6.07, 6.45) is 5.58. The quantitative estimate of drug-likeness (QED) is 0.839. The van der Waals surface area contributed by atoms with Crippen molar-refractivity contribution >= 4 is 17.3 Å². The standard InChI is InChI=1S/C15H15N5O2/c1-10-6-13(15(22)20(10)5-3-16)18-14(21)11-2-4-19-9-17-8-12(19)7-11/h2,4,7-10,13H,5-6H2,1H3,(H,18,21). The van der Waals surface area contributed by atoms with E-state index in [-0.39, 0.29) is 24.4 Å². The van der Waals surface area contributed by atoms with E-state index in [0.29, 0.717) is 12.0 Å². The summed E-state index contributed by atoms with van der Waals surface area (Å²) in [6.45, 7) is 1.92. The number of nitrogens with zero attached hydrogens (tertiary/aromatic N) is 4. The summed E-state index contributed by atoms with van der Waals surface area (Å²) in [7, 11) is 0. The van der Waals surface area contributed by atoms with Crippen molar-refractivity contribution in [1.82, 2.24) is 19.6 Å². The van der Waals surface area contributed by atoms with Gasteiger partial charge in [0.05, 0.1) is 24.1 Å². The van der Waals surface area contributed by atoms with Gasteiger partial charge in [-0.15, -0.1) is 0 Å². The third kappa shape index (κ3) is 2.39. The van der Waals surface area contributed by atoms with Gasteiger partial charge in [0.25, 0.3) is 5.91 Å². The first-order valence-electron chi connectivity index (χ1n) is 7.00. The number of hydrogen-bond acceptors (Lipinski definition) is 4. The van der Waals surface area contributed by atoms with Gasteiger partial charge in [0.1, 0.15) is 12.6 Å². The normalized spacial score (nSPS) is 21.1. The summed E-state index contributed by atoms with van der Waals surface area (Å²) in [5.41, 5.74) is 1.29. The second-order valence-electron chi connectivity index (χ2n) is 5.38. The monoisotopic (exact) mass is 297 g/mol. The van der Waals surface area contributed by atoms with Gasteiger partial charge in [-0.05, 0) is 25.5 Å². The molecule has 0 spiro atoms. The summed E-state index contributed by atoms with van der Waals surface area (Å²) < 4.78 is 1.80. The van der Waals surface area contributed by atoms with Crippen LogP contribution in [0, 0.1) is 11.3 Å². The Labute approximate surface area is 127 Å². The van der Waals surface area contributed by atoms with E-state index in [4.69, 9.17) is 5.26 Å². The Balaban J connectivity index is 1.74. The van der Waals surface area contributed by atoms with Crippen molar-refractivity contribution < 1.29 is 9.59 Å². The molecule has 2 unspecified atom stereocenters. The van der Waals surface area contributed by atoms with E-state index in [1.807, 2.05) is 13.0 Å².